The molecule has 0 fully saturated rings. The van der Waals surface area contributed by atoms with Crippen molar-refractivity contribution >= 4 is 27.3 Å². The van der Waals surface area contributed by atoms with Crippen molar-refractivity contribution in [2.45, 2.75) is 39.7 Å². The summed E-state index contributed by atoms with van der Waals surface area (Å²) >= 11 is 5.27. The lowest BCUT2D eigenvalue weighted by Gasteiger charge is -2.26. The van der Waals surface area contributed by atoms with Crippen molar-refractivity contribution < 1.29 is 0 Å². The normalized spacial score (nSPS) is 14.4. The molecule has 3 heteroatoms. The molecule has 1 rings (SSSR count). The van der Waals surface area contributed by atoms with Gasteiger partial charge in [-0.3, -0.25) is 0 Å². The van der Waals surface area contributed by atoms with E-state index in [1.54, 1.807) is 11.3 Å². The first-order valence-electron chi connectivity index (χ1n) is 4.87. The van der Waals surface area contributed by atoms with Crippen LogP contribution in [0.3, 0.4) is 0 Å². The van der Waals surface area contributed by atoms with Gasteiger partial charge in [0.25, 0.3) is 0 Å². The third-order valence-corrected chi connectivity index (χ3v) is 4.36. The Morgan fingerprint density at radius 2 is 2.07 bits per heavy atom. The maximum absolute atomic E-state index is 6.11. The average Bonchev–Trinajstić information content (AvgIpc) is 2.45. The predicted molar refractivity (Wildman–Crippen MR) is 67.8 cm³/mol. The molecule has 1 atom stereocenters. The van der Waals surface area contributed by atoms with Gasteiger partial charge in [-0.15, -0.1) is 0 Å². The van der Waals surface area contributed by atoms with Crippen LogP contribution in [0.1, 0.15) is 32.8 Å². The summed E-state index contributed by atoms with van der Waals surface area (Å²) in [5.41, 5.74) is 7.70. The molecule has 0 aliphatic carbocycles. The fourth-order valence-electron chi connectivity index (χ4n) is 1.23. The number of aryl methyl sites for hydroxylation is 1. The van der Waals surface area contributed by atoms with Crippen LogP contribution in [0.25, 0.3) is 0 Å². The summed E-state index contributed by atoms with van der Waals surface area (Å²) in [6, 6.07) is 0.272. The SMILES string of the molecule is CC(C)(C)C(N)CCc1cscc1Br. The van der Waals surface area contributed by atoms with E-state index in [4.69, 9.17) is 5.73 Å². The number of thiophene rings is 1. The Bertz CT molecular complexity index is 288. The van der Waals surface area contributed by atoms with E-state index in [2.05, 4.69) is 47.5 Å². The van der Waals surface area contributed by atoms with Gasteiger partial charge in [0.15, 0.2) is 0 Å². The molecule has 0 spiro atoms. The summed E-state index contributed by atoms with van der Waals surface area (Å²) in [6.45, 7) is 6.58. The molecule has 14 heavy (non-hydrogen) atoms. The molecule has 2 N–H and O–H groups in total. The molecule has 0 radical (unpaired) electrons. The largest absolute Gasteiger partial charge is 0.327 e. The smallest absolute Gasteiger partial charge is 0.0314 e. The van der Waals surface area contributed by atoms with Crippen LogP contribution >= 0.6 is 27.3 Å². The number of hydrogen-bond acceptors (Lipinski definition) is 2. The molecule has 0 amide bonds. The summed E-state index contributed by atoms with van der Waals surface area (Å²) in [7, 11) is 0. The maximum Gasteiger partial charge on any atom is 0.0314 e. The van der Waals surface area contributed by atoms with Gasteiger partial charge in [-0.1, -0.05) is 20.8 Å². The Labute approximate surface area is 98.8 Å². The number of hydrogen-bond donors (Lipinski definition) is 1. The van der Waals surface area contributed by atoms with Crippen LogP contribution in [0.5, 0.6) is 0 Å². The minimum atomic E-state index is 0.211. The second-order valence-corrected chi connectivity index (χ2v) is 6.35. The van der Waals surface area contributed by atoms with Crippen LogP contribution in [0.4, 0.5) is 0 Å². The minimum absolute atomic E-state index is 0.211. The molecule has 0 aliphatic rings. The second kappa shape index (κ2) is 4.77. The fourth-order valence-corrected chi connectivity index (χ4v) is 2.77. The van der Waals surface area contributed by atoms with E-state index in [9.17, 15) is 0 Å². The molecular weight excluding hydrogens is 258 g/mol. The van der Waals surface area contributed by atoms with Gasteiger partial charge < -0.3 is 5.73 Å². The Morgan fingerprint density at radius 1 is 1.43 bits per heavy atom. The van der Waals surface area contributed by atoms with Crippen LogP contribution in [-0.2, 0) is 6.42 Å². The number of rotatable bonds is 3. The third kappa shape index (κ3) is 3.37. The second-order valence-electron chi connectivity index (χ2n) is 4.76. The van der Waals surface area contributed by atoms with Gasteiger partial charge in [-0.2, -0.15) is 11.3 Å². The van der Waals surface area contributed by atoms with E-state index in [1.807, 2.05) is 0 Å². The van der Waals surface area contributed by atoms with Gasteiger partial charge in [0.05, 0.1) is 0 Å². The van der Waals surface area contributed by atoms with E-state index in [0.717, 1.165) is 12.8 Å². The highest BCUT2D eigenvalue weighted by Gasteiger charge is 2.20. The Kier molecular flexibility index (Phi) is 4.16. The summed E-state index contributed by atoms with van der Waals surface area (Å²) in [5.74, 6) is 0. The highest BCUT2D eigenvalue weighted by Crippen LogP contribution is 2.26. The molecule has 1 heterocycles. The van der Waals surface area contributed by atoms with E-state index >= 15 is 0 Å². The predicted octanol–water partition coefficient (Wildman–Crippen LogP) is 3.82. The first-order chi connectivity index (χ1) is 6.41. The van der Waals surface area contributed by atoms with Crippen molar-refractivity contribution in [1.82, 2.24) is 0 Å². The lowest BCUT2D eigenvalue weighted by molar-refractivity contribution is 0.306. The van der Waals surface area contributed by atoms with Gasteiger partial charge in [-0.25, -0.2) is 0 Å². The quantitative estimate of drug-likeness (QED) is 0.892. The zero-order valence-electron chi connectivity index (χ0n) is 9.01. The van der Waals surface area contributed by atoms with Crippen LogP contribution in [0.2, 0.25) is 0 Å². The number of nitrogens with two attached hydrogens (primary N) is 1. The van der Waals surface area contributed by atoms with Crippen LogP contribution in [-0.4, -0.2) is 6.04 Å². The van der Waals surface area contributed by atoms with Crippen molar-refractivity contribution in [1.29, 1.82) is 0 Å². The first kappa shape index (κ1) is 12.2. The highest BCUT2D eigenvalue weighted by molar-refractivity contribution is 9.10. The third-order valence-electron chi connectivity index (χ3n) is 2.53. The van der Waals surface area contributed by atoms with Gasteiger partial charge >= 0.3 is 0 Å². The Morgan fingerprint density at radius 3 is 2.50 bits per heavy atom. The van der Waals surface area contributed by atoms with E-state index in [-0.39, 0.29) is 11.5 Å². The topological polar surface area (TPSA) is 26.0 Å². The molecule has 1 nitrogen and oxygen atoms in total. The zero-order valence-corrected chi connectivity index (χ0v) is 11.4. The maximum atomic E-state index is 6.11. The summed E-state index contributed by atoms with van der Waals surface area (Å²) < 4.78 is 1.23. The molecule has 0 bridgehead atoms. The average molecular weight is 276 g/mol. The zero-order chi connectivity index (χ0) is 10.8. The molecule has 0 aliphatic heterocycles. The van der Waals surface area contributed by atoms with Crippen molar-refractivity contribution in [2.75, 3.05) is 0 Å². The van der Waals surface area contributed by atoms with Crippen molar-refractivity contribution in [2.24, 2.45) is 11.1 Å². The van der Waals surface area contributed by atoms with Crippen LogP contribution in [0, 0.1) is 5.41 Å². The van der Waals surface area contributed by atoms with E-state index < -0.39 is 0 Å². The van der Waals surface area contributed by atoms with Gasteiger partial charge in [0, 0.05) is 15.9 Å². The van der Waals surface area contributed by atoms with Gasteiger partial charge in [0.1, 0.15) is 0 Å². The minimum Gasteiger partial charge on any atom is -0.327 e. The Hall–Kier alpha value is 0.140. The van der Waals surface area contributed by atoms with E-state index in [1.165, 1.54) is 10.0 Å². The Balaban J connectivity index is 2.46. The van der Waals surface area contributed by atoms with Gasteiger partial charge in [-0.05, 0) is 45.1 Å². The lowest BCUT2D eigenvalue weighted by atomic mass is 9.84. The number of halogens is 1. The van der Waals surface area contributed by atoms with Gasteiger partial charge in [0.2, 0.25) is 0 Å². The standard InChI is InChI=1S/C11H18BrNS/c1-11(2,3)10(13)5-4-8-6-14-7-9(8)12/h6-7,10H,4-5,13H2,1-3H3. The summed E-state index contributed by atoms with van der Waals surface area (Å²) in [6.07, 6.45) is 2.13. The summed E-state index contributed by atoms with van der Waals surface area (Å²) in [5, 5.41) is 4.32. The molecule has 1 aromatic heterocycles. The van der Waals surface area contributed by atoms with Crippen LogP contribution < -0.4 is 5.73 Å². The van der Waals surface area contributed by atoms with Crippen molar-refractivity contribution in [3.05, 3.63) is 20.8 Å². The molecule has 0 saturated heterocycles. The van der Waals surface area contributed by atoms with Crippen molar-refractivity contribution in [3.63, 3.8) is 0 Å². The lowest BCUT2D eigenvalue weighted by Crippen LogP contribution is -2.35. The fraction of sp³-hybridized carbons (Fsp3) is 0.636. The molecule has 0 aromatic carbocycles. The molecule has 1 aromatic rings. The van der Waals surface area contributed by atoms with E-state index in [0.29, 0.717) is 0 Å². The van der Waals surface area contributed by atoms with Crippen molar-refractivity contribution in [3.8, 4) is 0 Å². The monoisotopic (exact) mass is 275 g/mol. The molecule has 80 valence electrons. The summed E-state index contributed by atoms with van der Waals surface area (Å²) in [4.78, 5) is 0. The first-order valence-corrected chi connectivity index (χ1v) is 6.61. The molecular formula is C11H18BrNS. The molecule has 1 unspecified atom stereocenters. The molecule has 0 saturated carbocycles. The van der Waals surface area contributed by atoms with Crippen LogP contribution in [0.15, 0.2) is 15.2 Å². The highest BCUT2D eigenvalue weighted by atomic mass is 79.9.